The number of nitrogens with one attached hydrogen (secondary N) is 2. The van der Waals surface area contributed by atoms with Gasteiger partial charge in [-0.05, 0) is 60.9 Å². The summed E-state index contributed by atoms with van der Waals surface area (Å²) in [4.78, 5) is 24.0. The number of aromatic nitrogens is 3. The Bertz CT molecular complexity index is 1450. The van der Waals surface area contributed by atoms with Gasteiger partial charge < -0.3 is 19.8 Å². The van der Waals surface area contributed by atoms with Gasteiger partial charge in [0.2, 0.25) is 5.91 Å². The van der Waals surface area contributed by atoms with E-state index in [2.05, 4.69) is 21.4 Å². The maximum atomic E-state index is 11.7. The van der Waals surface area contributed by atoms with E-state index in [1.165, 1.54) is 0 Å². The zero-order chi connectivity index (χ0) is 22.4. The van der Waals surface area contributed by atoms with Crippen molar-refractivity contribution in [2.75, 3.05) is 11.9 Å². The Balaban J connectivity index is 1.26. The van der Waals surface area contributed by atoms with Gasteiger partial charge in [-0.15, -0.1) is 0 Å². The molecule has 0 aliphatic carbocycles. The van der Waals surface area contributed by atoms with E-state index in [4.69, 9.17) is 19.7 Å². The maximum Gasteiger partial charge on any atom is 0.225 e. The molecule has 33 heavy (non-hydrogen) atoms. The van der Waals surface area contributed by atoms with Crippen molar-refractivity contribution in [2.45, 2.75) is 25.2 Å². The van der Waals surface area contributed by atoms with Crippen LogP contribution in [-0.2, 0) is 17.6 Å². The lowest BCUT2D eigenvalue weighted by atomic mass is 9.96. The Morgan fingerprint density at radius 3 is 3.00 bits per heavy atom. The van der Waals surface area contributed by atoms with Gasteiger partial charge in [-0.3, -0.25) is 4.79 Å². The van der Waals surface area contributed by atoms with E-state index >= 15 is 0 Å². The van der Waals surface area contributed by atoms with Gasteiger partial charge in [-0.25, -0.2) is 9.97 Å². The summed E-state index contributed by atoms with van der Waals surface area (Å²) in [5, 5.41) is 11.9. The second-order valence-corrected chi connectivity index (χ2v) is 8.23. The van der Waals surface area contributed by atoms with Crippen LogP contribution in [-0.4, -0.2) is 27.5 Å². The Hall–Kier alpha value is -4.38. The van der Waals surface area contributed by atoms with Crippen molar-refractivity contribution in [2.24, 2.45) is 0 Å². The summed E-state index contributed by atoms with van der Waals surface area (Å²) in [7, 11) is 0. The average molecular weight is 437 g/mol. The number of hydrogen-bond donors (Lipinski definition) is 2. The number of pyridine rings is 1. The third kappa shape index (κ3) is 3.53. The van der Waals surface area contributed by atoms with Crippen LogP contribution in [0.2, 0.25) is 0 Å². The van der Waals surface area contributed by atoms with Crippen molar-refractivity contribution in [1.29, 1.82) is 5.26 Å². The summed E-state index contributed by atoms with van der Waals surface area (Å²) in [5.41, 5.74) is 4.23. The first kappa shape index (κ1) is 19.3. The number of amides is 1. The molecule has 8 nitrogen and oxygen atoms in total. The van der Waals surface area contributed by atoms with E-state index in [0.717, 1.165) is 40.2 Å². The molecule has 1 unspecified atom stereocenters. The third-order valence-corrected chi connectivity index (χ3v) is 6.05. The number of aromatic amines is 1. The molecule has 0 bridgehead atoms. The number of nitrogens with zero attached hydrogens (tertiary/aromatic N) is 3. The molecule has 0 fully saturated rings. The first-order chi connectivity index (χ1) is 16.2. The molecule has 2 N–H and O–H groups in total. The predicted molar refractivity (Wildman–Crippen MR) is 120 cm³/mol. The molecule has 0 spiro atoms. The summed E-state index contributed by atoms with van der Waals surface area (Å²) in [5.74, 6) is 3.68. The molecule has 0 radical (unpaired) electrons. The quantitative estimate of drug-likeness (QED) is 0.496. The number of nitriles is 1. The van der Waals surface area contributed by atoms with Gasteiger partial charge in [-0.2, -0.15) is 5.26 Å². The highest BCUT2D eigenvalue weighted by molar-refractivity contribution is 5.93. The van der Waals surface area contributed by atoms with E-state index in [1.807, 2.05) is 36.4 Å². The number of H-pyrrole nitrogens is 1. The molecule has 2 aromatic heterocycles. The van der Waals surface area contributed by atoms with Crippen molar-refractivity contribution in [1.82, 2.24) is 15.0 Å². The molecule has 6 rings (SSSR count). The highest BCUT2D eigenvalue weighted by Gasteiger charge is 2.25. The largest absolute Gasteiger partial charge is 0.493 e. The molecule has 2 aliphatic rings. The van der Waals surface area contributed by atoms with Crippen LogP contribution in [0.15, 0.2) is 48.7 Å². The van der Waals surface area contributed by atoms with Crippen LogP contribution in [0.1, 0.15) is 34.9 Å². The number of carbonyl (C=O) groups is 1. The highest BCUT2D eigenvalue weighted by Crippen LogP contribution is 2.37. The van der Waals surface area contributed by atoms with Crippen molar-refractivity contribution in [3.8, 4) is 23.3 Å². The Kier molecular flexibility index (Phi) is 4.47. The average Bonchev–Trinajstić information content (AvgIpc) is 3.27. The van der Waals surface area contributed by atoms with Gasteiger partial charge in [0.1, 0.15) is 28.9 Å². The minimum atomic E-state index is -0.0291. The van der Waals surface area contributed by atoms with Gasteiger partial charge in [0, 0.05) is 18.2 Å². The number of benzene rings is 2. The molecule has 1 atom stereocenters. The number of anilines is 1. The number of ether oxygens (including phenoxy) is 2. The van der Waals surface area contributed by atoms with E-state index in [1.54, 1.807) is 12.3 Å². The summed E-state index contributed by atoms with van der Waals surface area (Å²) in [6, 6.07) is 15.2. The molecule has 4 aromatic rings. The molecular formula is C25H19N5O3. The van der Waals surface area contributed by atoms with Crippen LogP contribution in [0.25, 0.3) is 11.0 Å². The summed E-state index contributed by atoms with van der Waals surface area (Å²) >= 11 is 0. The normalized spacial score (nSPS) is 16.8. The molecule has 162 valence electrons. The van der Waals surface area contributed by atoms with E-state index in [9.17, 15) is 4.79 Å². The fourth-order valence-corrected chi connectivity index (χ4v) is 4.38. The number of carbonyl (C=O) groups excluding carboxylic acids is 1. The first-order valence-electron chi connectivity index (χ1n) is 10.8. The standard InChI is InChI=1S/C25H19N5O3/c26-12-14-1-4-19-20(9-14)29-24(28-19)16-10-15-11-17(2-5-21(15)32-13-16)33-22-7-8-27-25-18(22)3-6-23(31)30-25/h1-2,4-5,7-9,11,16H,3,6,10,13H2,(H,28,29)(H,27,30,31). The number of imidazole rings is 1. The summed E-state index contributed by atoms with van der Waals surface area (Å²) < 4.78 is 12.2. The zero-order valence-corrected chi connectivity index (χ0v) is 17.6. The molecule has 1 amide bonds. The van der Waals surface area contributed by atoms with Crippen LogP contribution in [0.4, 0.5) is 5.82 Å². The second kappa shape index (κ2) is 7.64. The lowest BCUT2D eigenvalue weighted by molar-refractivity contribution is -0.116. The molecule has 0 saturated heterocycles. The molecule has 4 heterocycles. The Morgan fingerprint density at radius 1 is 1.15 bits per heavy atom. The molecular weight excluding hydrogens is 418 g/mol. The smallest absolute Gasteiger partial charge is 0.225 e. The Morgan fingerprint density at radius 2 is 2.09 bits per heavy atom. The van der Waals surface area contributed by atoms with E-state index in [0.29, 0.717) is 42.3 Å². The van der Waals surface area contributed by atoms with Gasteiger partial charge in [-0.1, -0.05) is 0 Å². The first-order valence-corrected chi connectivity index (χ1v) is 10.8. The van der Waals surface area contributed by atoms with Crippen molar-refractivity contribution >= 4 is 22.8 Å². The van der Waals surface area contributed by atoms with Crippen molar-refractivity contribution < 1.29 is 14.3 Å². The molecule has 2 aliphatic heterocycles. The van der Waals surface area contributed by atoms with Crippen LogP contribution >= 0.6 is 0 Å². The fourth-order valence-electron chi connectivity index (χ4n) is 4.38. The van der Waals surface area contributed by atoms with Crippen LogP contribution in [0.3, 0.4) is 0 Å². The topological polar surface area (TPSA) is 113 Å². The summed E-state index contributed by atoms with van der Waals surface area (Å²) in [6.07, 6.45) is 3.40. The lowest BCUT2D eigenvalue weighted by Gasteiger charge is -2.25. The monoisotopic (exact) mass is 437 g/mol. The van der Waals surface area contributed by atoms with Crippen LogP contribution < -0.4 is 14.8 Å². The minimum absolute atomic E-state index is 0.0291. The number of rotatable bonds is 3. The maximum absolute atomic E-state index is 11.7. The SMILES string of the molecule is N#Cc1ccc2nc(C3COc4ccc(Oc5ccnc6c5CCC(=O)N6)cc4C3)[nH]c2c1. The van der Waals surface area contributed by atoms with Crippen molar-refractivity contribution in [3.63, 3.8) is 0 Å². The lowest BCUT2D eigenvalue weighted by Crippen LogP contribution is -2.20. The predicted octanol–water partition coefficient (Wildman–Crippen LogP) is 4.23. The summed E-state index contributed by atoms with van der Waals surface area (Å²) in [6.45, 7) is 0.524. The van der Waals surface area contributed by atoms with Gasteiger partial charge in [0.05, 0.1) is 35.2 Å². The second-order valence-electron chi connectivity index (χ2n) is 8.23. The van der Waals surface area contributed by atoms with Crippen molar-refractivity contribution in [3.05, 3.63) is 71.2 Å². The fraction of sp³-hybridized carbons (Fsp3) is 0.200. The Labute approximate surface area is 189 Å². The molecule has 2 aromatic carbocycles. The van der Waals surface area contributed by atoms with E-state index < -0.39 is 0 Å². The highest BCUT2D eigenvalue weighted by atomic mass is 16.5. The van der Waals surface area contributed by atoms with E-state index in [-0.39, 0.29) is 11.8 Å². The van der Waals surface area contributed by atoms with Crippen LogP contribution in [0, 0.1) is 11.3 Å². The number of fused-ring (bicyclic) bond motifs is 3. The number of hydrogen-bond acceptors (Lipinski definition) is 6. The zero-order valence-electron chi connectivity index (χ0n) is 17.6. The van der Waals surface area contributed by atoms with Crippen LogP contribution in [0.5, 0.6) is 17.2 Å². The minimum Gasteiger partial charge on any atom is -0.493 e. The third-order valence-electron chi connectivity index (χ3n) is 6.05. The van der Waals surface area contributed by atoms with Gasteiger partial charge in [0.15, 0.2) is 0 Å². The molecule has 0 saturated carbocycles. The van der Waals surface area contributed by atoms with Gasteiger partial charge in [0.25, 0.3) is 0 Å². The van der Waals surface area contributed by atoms with Gasteiger partial charge >= 0.3 is 0 Å². The molecule has 8 heteroatoms.